The molecule has 0 bridgehead atoms. The van der Waals surface area contributed by atoms with Gasteiger partial charge in [0.05, 0.1) is 25.4 Å². The van der Waals surface area contributed by atoms with Gasteiger partial charge in [-0.1, -0.05) is 340 Å². The molecule has 0 saturated carbocycles. The first-order valence-corrected chi connectivity index (χ1v) is 34.6. The zero-order chi connectivity index (χ0) is 55.0. The standard InChI is InChI=1S/C70H135NO5/c1-3-5-7-9-11-13-15-16-17-18-19-20-27-30-33-36-39-43-46-50-54-58-62-68(73)67(66-72)71-69(74)63-59-55-51-47-44-40-37-34-31-28-25-23-21-22-24-26-29-32-35-38-41-45-49-53-57-61-65-76-70(75)64-60-56-52-48-42-14-12-10-8-6-4-2/h21,23,58,62,67-68,72-73H,3-20,22,24-57,59-61,63-66H2,1-2H3,(H,71,74)/b23-21-,62-58+. The lowest BCUT2D eigenvalue weighted by atomic mass is 10.0. The van der Waals surface area contributed by atoms with Gasteiger partial charge in [0.2, 0.25) is 5.91 Å². The number of aliphatic hydroxyl groups excluding tert-OH is 2. The highest BCUT2D eigenvalue weighted by atomic mass is 16.5. The number of amides is 1. The van der Waals surface area contributed by atoms with Gasteiger partial charge in [-0.15, -0.1) is 0 Å². The SMILES string of the molecule is CCCCCCCCCCCCCCCCCCCCCC/C=C/C(O)C(CO)NC(=O)CCCCCCCCCCCC/C=C\CCCCCCCCCCCCCCOC(=O)CCCCCCCCCCCCC. The highest BCUT2D eigenvalue weighted by Gasteiger charge is 2.18. The van der Waals surface area contributed by atoms with E-state index in [-0.39, 0.29) is 18.5 Å². The molecule has 0 aliphatic carbocycles. The van der Waals surface area contributed by atoms with Crippen molar-refractivity contribution in [2.45, 2.75) is 398 Å². The van der Waals surface area contributed by atoms with Crippen LogP contribution in [0.25, 0.3) is 0 Å². The van der Waals surface area contributed by atoms with Gasteiger partial charge in [0.25, 0.3) is 0 Å². The molecular formula is C70H135NO5. The largest absolute Gasteiger partial charge is 0.466 e. The van der Waals surface area contributed by atoms with Gasteiger partial charge >= 0.3 is 5.97 Å². The number of hydrogen-bond donors (Lipinski definition) is 3. The number of hydrogen-bond acceptors (Lipinski definition) is 5. The molecule has 76 heavy (non-hydrogen) atoms. The average molecular weight is 1070 g/mol. The summed E-state index contributed by atoms with van der Waals surface area (Å²) < 4.78 is 5.47. The van der Waals surface area contributed by atoms with Crippen molar-refractivity contribution in [3.63, 3.8) is 0 Å². The second kappa shape index (κ2) is 65.9. The van der Waals surface area contributed by atoms with E-state index in [4.69, 9.17) is 4.74 Å². The Morgan fingerprint density at radius 1 is 0.355 bits per heavy atom. The van der Waals surface area contributed by atoms with Gasteiger partial charge in [-0.25, -0.2) is 0 Å². The van der Waals surface area contributed by atoms with Gasteiger partial charge in [-0.05, 0) is 57.8 Å². The molecule has 3 N–H and O–H groups in total. The summed E-state index contributed by atoms with van der Waals surface area (Å²) in [4.78, 5) is 24.5. The molecule has 0 aliphatic rings. The molecule has 0 saturated heterocycles. The monoisotopic (exact) mass is 1070 g/mol. The summed E-state index contributed by atoms with van der Waals surface area (Å²) >= 11 is 0. The van der Waals surface area contributed by atoms with Crippen LogP contribution in [0.15, 0.2) is 24.3 Å². The molecule has 0 aromatic rings. The first-order chi connectivity index (χ1) is 37.5. The van der Waals surface area contributed by atoms with Gasteiger partial charge in [-0.3, -0.25) is 9.59 Å². The number of allylic oxidation sites excluding steroid dienone is 3. The summed E-state index contributed by atoms with van der Waals surface area (Å²) in [6.45, 7) is 4.94. The van der Waals surface area contributed by atoms with Gasteiger partial charge in [-0.2, -0.15) is 0 Å². The minimum atomic E-state index is -0.846. The van der Waals surface area contributed by atoms with Gasteiger partial charge in [0.1, 0.15) is 0 Å². The zero-order valence-corrected chi connectivity index (χ0v) is 51.5. The van der Waals surface area contributed by atoms with E-state index in [9.17, 15) is 19.8 Å². The van der Waals surface area contributed by atoms with E-state index in [1.807, 2.05) is 6.08 Å². The van der Waals surface area contributed by atoms with E-state index < -0.39 is 12.1 Å². The Kier molecular flexibility index (Phi) is 64.4. The first-order valence-electron chi connectivity index (χ1n) is 34.6. The Hall–Kier alpha value is -1.66. The molecule has 0 rings (SSSR count). The summed E-state index contributed by atoms with van der Waals surface area (Å²) in [6, 6.07) is -0.630. The molecule has 2 unspecified atom stereocenters. The van der Waals surface area contributed by atoms with Crippen LogP contribution in [0.5, 0.6) is 0 Å². The van der Waals surface area contributed by atoms with Crippen LogP contribution in [0.3, 0.4) is 0 Å². The molecular weight excluding hydrogens is 935 g/mol. The fourth-order valence-electron chi connectivity index (χ4n) is 10.9. The lowest BCUT2D eigenvalue weighted by molar-refractivity contribution is -0.143. The molecule has 0 heterocycles. The van der Waals surface area contributed by atoms with Crippen LogP contribution in [0, 0.1) is 0 Å². The summed E-state index contributed by atoms with van der Waals surface area (Å²) in [7, 11) is 0. The minimum absolute atomic E-state index is 0.0142. The van der Waals surface area contributed by atoms with Crippen LogP contribution < -0.4 is 5.32 Å². The van der Waals surface area contributed by atoms with Crippen LogP contribution in [-0.4, -0.2) is 47.4 Å². The number of nitrogens with one attached hydrogen (secondary N) is 1. The Morgan fingerprint density at radius 2 is 0.618 bits per heavy atom. The van der Waals surface area contributed by atoms with Crippen LogP contribution in [-0.2, 0) is 14.3 Å². The molecule has 0 aromatic heterocycles. The van der Waals surface area contributed by atoms with Crippen molar-refractivity contribution in [3.05, 3.63) is 24.3 Å². The van der Waals surface area contributed by atoms with Crippen molar-refractivity contribution in [3.8, 4) is 0 Å². The molecule has 0 fully saturated rings. The van der Waals surface area contributed by atoms with E-state index in [0.29, 0.717) is 19.4 Å². The topological polar surface area (TPSA) is 95.9 Å². The number of unbranched alkanes of at least 4 members (excludes halogenated alkanes) is 52. The molecule has 450 valence electrons. The third kappa shape index (κ3) is 61.6. The predicted octanol–water partition coefficient (Wildman–Crippen LogP) is 22.1. The van der Waals surface area contributed by atoms with Crippen molar-refractivity contribution in [2.75, 3.05) is 13.2 Å². The van der Waals surface area contributed by atoms with Crippen molar-refractivity contribution >= 4 is 11.9 Å². The van der Waals surface area contributed by atoms with Crippen molar-refractivity contribution in [1.82, 2.24) is 5.32 Å². The number of carbonyl (C=O) groups is 2. The van der Waals surface area contributed by atoms with Crippen molar-refractivity contribution in [2.24, 2.45) is 0 Å². The van der Waals surface area contributed by atoms with Gasteiger partial charge < -0.3 is 20.3 Å². The number of esters is 1. The number of carbonyl (C=O) groups excluding carboxylic acids is 2. The molecule has 0 aliphatic heterocycles. The van der Waals surface area contributed by atoms with E-state index in [1.54, 1.807) is 6.08 Å². The maximum absolute atomic E-state index is 12.5. The second-order valence-electron chi connectivity index (χ2n) is 23.9. The zero-order valence-electron chi connectivity index (χ0n) is 51.5. The Labute approximate surface area is 475 Å². The van der Waals surface area contributed by atoms with Crippen molar-refractivity contribution in [1.29, 1.82) is 0 Å². The maximum Gasteiger partial charge on any atom is 0.305 e. The molecule has 0 radical (unpaired) electrons. The van der Waals surface area contributed by atoms with E-state index >= 15 is 0 Å². The van der Waals surface area contributed by atoms with Gasteiger partial charge in [0, 0.05) is 12.8 Å². The quantitative estimate of drug-likeness (QED) is 0.0320. The van der Waals surface area contributed by atoms with Crippen LogP contribution >= 0.6 is 0 Å². The normalized spacial score (nSPS) is 12.6. The molecule has 6 heteroatoms. The van der Waals surface area contributed by atoms with E-state index in [0.717, 1.165) is 38.5 Å². The average Bonchev–Trinajstić information content (AvgIpc) is 3.42. The Morgan fingerprint density at radius 3 is 0.934 bits per heavy atom. The third-order valence-corrected chi connectivity index (χ3v) is 16.2. The molecule has 0 aromatic carbocycles. The maximum atomic E-state index is 12.5. The smallest absolute Gasteiger partial charge is 0.305 e. The van der Waals surface area contributed by atoms with Crippen LogP contribution in [0.1, 0.15) is 386 Å². The highest BCUT2D eigenvalue weighted by molar-refractivity contribution is 5.76. The Bertz CT molecular complexity index is 1190. The third-order valence-electron chi connectivity index (χ3n) is 16.2. The van der Waals surface area contributed by atoms with E-state index in [1.165, 1.54) is 321 Å². The molecule has 6 nitrogen and oxygen atoms in total. The van der Waals surface area contributed by atoms with Crippen LogP contribution in [0.2, 0.25) is 0 Å². The fourth-order valence-corrected chi connectivity index (χ4v) is 10.9. The number of ether oxygens (including phenoxy) is 1. The highest BCUT2D eigenvalue weighted by Crippen LogP contribution is 2.18. The number of aliphatic hydroxyl groups is 2. The van der Waals surface area contributed by atoms with Crippen molar-refractivity contribution < 1.29 is 24.5 Å². The summed E-state index contributed by atoms with van der Waals surface area (Å²) in [6.07, 6.45) is 82.5. The fraction of sp³-hybridized carbons (Fsp3) is 0.914. The summed E-state index contributed by atoms with van der Waals surface area (Å²) in [5, 5.41) is 23.2. The molecule has 0 spiro atoms. The predicted molar refractivity (Wildman–Crippen MR) is 333 cm³/mol. The molecule has 1 amide bonds. The second-order valence-corrected chi connectivity index (χ2v) is 23.9. The number of rotatable bonds is 65. The Balaban J connectivity index is 3.42. The summed E-state index contributed by atoms with van der Waals surface area (Å²) in [5.41, 5.74) is 0. The first kappa shape index (κ1) is 74.3. The van der Waals surface area contributed by atoms with Gasteiger partial charge in [0.15, 0.2) is 0 Å². The lowest BCUT2D eigenvalue weighted by Crippen LogP contribution is -2.45. The molecule has 2 atom stereocenters. The summed E-state index contributed by atoms with van der Waals surface area (Å²) in [5.74, 6) is -0.0515. The minimum Gasteiger partial charge on any atom is -0.466 e. The van der Waals surface area contributed by atoms with Crippen LogP contribution in [0.4, 0.5) is 0 Å². The van der Waals surface area contributed by atoms with E-state index in [2.05, 4.69) is 31.3 Å². The lowest BCUT2D eigenvalue weighted by Gasteiger charge is -2.20.